The van der Waals surface area contributed by atoms with Gasteiger partial charge in [-0.1, -0.05) is 18.2 Å². The van der Waals surface area contributed by atoms with Gasteiger partial charge in [-0.15, -0.1) is 0 Å². The van der Waals surface area contributed by atoms with Crippen molar-refractivity contribution in [2.24, 2.45) is 0 Å². The summed E-state index contributed by atoms with van der Waals surface area (Å²) >= 11 is 0. The van der Waals surface area contributed by atoms with Gasteiger partial charge in [-0.3, -0.25) is 19.7 Å². The molecule has 8 nitrogen and oxygen atoms in total. The van der Waals surface area contributed by atoms with Gasteiger partial charge in [0.2, 0.25) is 5.91 Å². The van der Waals surface area contributed by atoms with Crippen LogP contribution in [0.2, 0.25) is 0 Å². The number of rotatable bonds is 5. The minimum atomic E-state index is -0.470. The number of carbonyl (C=O) groups is 2. The lowest BCUT2D eigenvalue weighted by Crippen LogP contribution is -2.47. The molecule has 2 atom stereocenters. The van der Waals surface area contributed by atoms with Gasteiger partial charge in [-0.2, -0.15) is 0 Å². The van der Waals surface area contributed by atoms with Crippen LogP contribution in [0.4, 0.5) is 17.1 Å². The van der Waals surface area contributed by atoms with Crippen molar-refractivity contribution in [2.75, 3.05) is 16.9 Å². The lowest BCUT2D eigenvalue weighted by molar-refractivity contribution is -0.384. The molecule has 0 saturated heterocycles. The maximum absolute atomic E-state index is 13.5. The minimum Gasteiger partial charge on any atom is -0.497 e. The number of ether oxygens (including phenoxy) is 1. The van der Waals surface area contributed by atoms with Crippen LogP contribution in [0.25, 0.3) is 0 Å². The molecule has 0 bridgehead atoms. The van der Waals surface area contributed by atoms with Gasteiger partial charge in [0, 0.05) is 42.0 Å². The van der Waals surface area contributed by atoms with E-state index in [4.69, 9.17) is 4.74 Å². The first-order valence-corrected chi connectivity index (χ1v) is 10.9. The van der Waals surface area contributed by atoms with Crippen molar-refractivity contribution in [3.8, 4) is 5.75 Å². The Morgan fingerprint density at radius 2 is 1.68 bits per heavy atom. The zero-order valence-corrected chi connectivity index (χ0v) is 19.2. The zero-order valence-electron chi connectivity index (χ0n) is 19.2. The molecule has 0 aliphatic carbocycles. The maximum atomic E-state index is 13.5. The fourth-order valence-electron chi connectivity index (χ4n) is 4.52. The number of methoxy groups -OCH3 is 1. The molecule has 0 N–H and O–H groups in total. The Hall–Kier alpha value is -4.20. The van der Waals surface area contributed by atoms with Crippen LogP contribution in [-0.2, 0) is 4.79 Å². The first-order valence-electron chi connectivity index (χ1n) is 10.9. The van der Waals surface area contributed by atoms with Crippen LogP contribution < -0.4 is 14.5 Å². The van der Waals surface area contributed by atoms with Crippen molar-refractivity contribution in [3.63, 3.8) is 0 Å². The number of nitrogens with zero attached hydrogens (tertiary/aromatic N) is 3. The molecule has 0 fully saturated rings. The molecule has 0 spiro atoms. The zero-order chi connectivity index (χ0) is 24.4. The van der Waals surface area contributed by atoms with E-state index in [0.717, 1.165) is 11.3 Å². The number of hydrogen-bond acceptors (Lipinski definition) is 5. The highest BCUT2D eigenvalue weighted by atomic mass is 16.6. The minimum absolute atomic E-state index is 0.0408. The number of non-ortho nitro benzene ring substituents is 1. The second kappa shape index (κ2) is 9.35. The number of benzene rings is 3. The summed E-state index contributed by atoms with van der Waals surface area (Å²) in [5.41, 5.74) is 2.65. The molecular weight excluding hydrogens is 434 g/mol. The molecule has 8 heteroatoms. The maximum Gasteiger partial charge on any atom is 0.269 e. The van der Waals surface area contributed by atoms with E-state index in [0.29, 0.717) is 23.4 Å². The Kier molecular flexibility index (Phi) is 6.32. The van der Waals surface area contributed by atoms with Crippen LogP contribution in [0.15, 0.2) is 72.8 Å². The molecule has 0 aromatic heterocycles. The van der Waals surface area contributed by atoms with Gasteiger partial charge < -0.3 is 14.5 Å². The molecule has 3 aromatic carbocycles. The van der Waals surface area contributed by atoms with Gasteiger partial charge >= 0.3 is 0 Å². The Balaban J connectivity index is 1.73. The lowest BCUT2D eigenvalue weighted by atomic mass is 9.89. The van der Waals surface area contributed by atoms with E-state index in [9.17, 15) is 19.7 Å². The molecule has 0 radical (unpaired) electrons. The number of amides is 2. The SMILES string of the molecule is COc1ccc(C(=O)N2c3ccccc3C(N(C(C)=O)c3ccc([N+](=O)[O-])cc3)CC2C)cc1. The van der Waals surface area contributed by atoms with Crippen LogP contribution >= 0.6 is 0 Å². The second-order valence-corrected chi connectivity index (χ2v) is 8.23. The van der Waals surface area contributed by atoms with Crippen LogP contribution in [0, 0.1) is 10.1 Å². The van der Waals surface area contributed by atoms with Gasteiger partial charge in [-0.25, -0.2) is 0 Å². The number of carbonyl (C=O) groups excluding carboxylic acids is 2. The normalized spacial score (nSPS) is 17.0. The second-order valence-electron chi connectivity index (χ2n) is 8.23. The van der Waals surface area contributed by atoms with Gasteiger partial charge in [0.1, 0.15) is 5.75 Å². The number of hydrogen-bond donors (Lipinski definition) is 0. The monoisotopic (exact) mass is 459 g/mol. The van der Waals surface area contributed by atoms with Crippen molar-refractivity contribution in [1.29, 1.82) is 0 Å². The summed E-state index contributed by atoms with van der Waals surface area (Å²) in [5, 5.41) is 11.1. The molecule has 1 aliphatic heterocycles. The fraction of sp³-hybridized carbons (Fsp3) is 0.231. The average Bonchev–Trinajstić information content (AvgIpc) is 2.84. The summed E-state index contributed by atoms with van der Waals surface area (Å²) in [7, 11) is 1.58. The summed E-state index contributed by atoms with van der Waals surface area (Å²) in [5.74, 6) is 0.352. The highest BCUT2D eigenvalue weighted by Crippen LogP contribution is 2.43. The van der Waals surface area contributed by atoms with Gasteiger partial charge in [0.05, 0.1) is 18.1 Å². The van der Waals surface area contributed by atoms with E-state index in [2.05, 4.69) is 0 Å². The number of nitro benzene ring substituents is 1. The average molecular weight is 460 g/mol. The number of anilines is 2. The van der Waals surface area contributed by atoms with Gasteiger partial charge in [-0.05, 0) is 61.4 Å². The predicted molar refractivity (Wildman–Crippen MR) is 129 cm³/mol. The molecular formula is C26H25N3O5. The molecule has 2 unspecified atom stereocenters. The lowest BCUT2D eigenvalue weighted by Gasteiger charge is -2.43. The van der Waals surface area contributed by atoms with E-state index in [1.165, 1.54) is 19.1 Å². The summed E-state index contributed by atoms with van der Waals surface area (Å²) in [4.78, 5) is 40.3. The van der Waals surface area contributed by atoms with Crippen molar-refractivity contribution >= 4 is 28.9 Å². The molecule has 0 saturated carbocycles. The predicted octanol–water partition coefficient (Wildman–Crippen LogP) is 5.14. The Morgan fingerprint density at radius 3 is 2.26 bits per heavy atom. The van der Waals surface area contributed by atoms with Crippen LogP contribution in [0.3, 0.4) is 0 Å². The molecule has 1 heterocycles. The van der Waals surface area contributed by atoms with E-state index in [1.807, 2.05) is 31.2 Å². The first kappa shape index (κ1) is 23.0. The Labute approximate surface area is 197 Å². The van der Waals surface area contributed by atoms with Crippen molar-refractivity contribution in [2.45, 2.75) is 32.4 Å². The summed E-state index contributed by atoms with van der Waals surface area (Å²) in [6.45, 7) is 3.43. The molecule has 4 rings (SSSR count). The number of nitro groups is 1. The highest BCUT2D eigenvalue weighted by molar-refractivity contribution is 6.07. The van der Waals surface area contributed by atoms with E-state index >= 15 is 0 Å². The Morgan fingerprint density at radius 1 is 1.03 bits per heavy atom. The van der Waals surface area contributed by atoms with E-state index in [1.54, 1.807) is 53.3 Å². The third-order valence-corrected chi connectivity index (χ3v) is 6.11. The number of para-hydroxylation sites is 1. The van der Waals surface area contributed by atoms with Crippen molar-refractivity contribution < 1.29 is 19.2 Å². The molecule has 1 aliphatic rings. The summed E-state index contributed by atoms with van der Waals surface area (Å²) in [6, 6.07) is 20.0. The summed E-state index contributed by atoms with van der Waals surface area (Å²) in [6.07, 6.45) is 0.509. The largest absolute Gasteiger partial charge is 0.497 e. The molecule has 34 heavy (non-hydrogen) atoms. The smallest absolute Gasteiger partial charge is 0.269 e. The van der Waals surface area contributed by atoms with Crippen LogP contribution in [0.1, 0.15) is 42.2 Å². The fourth-order valence-corrected chi connectivity index (χ4v) is 4.52. The van der Waals surface area contributed by atoms with Crippen LogP contribution in [-0.4, -0.2) is 29.9 Å². The van der Waals surface area contributed by atoms with Gasteiger partial charge in [0.15, 0.2) is 0 Å². The molecule has 174 valence electrons. The van der Waals surface area contributed by atoms with Crippen LogP contribution in [0.5, 0.6) is 5.75 Å². The van der Waals surface area contributed by atoms with Crippen molar-refractivity contribution in [1.82, 2.24) is 0 Å². The molecule has 3 aromatic rings. The van der Waals surface area contributed by atoms with E-state index < -0.39 is 4.92 Å². The topological polar surface area (TPSA) is 93.0 Å². The first-order chi connectivity index (χ1) is 16.3. The molecule has 2 amide bonds. The number of fused-ring (bicyclic) bond motifs is 1. The third-order valence-electron chi connectivity index (χ3n) is 6.11. The van der Waals surface area contributed by atoms with E-state index in [-0.39, 0.29) is 29.6 Å². The third kappa shape index (κ3) is 4.22. The highest BCUT2D eigenvalue weighted by Gasteiger charge is 2.38. The standard InChI is InChI=1S/C26H25N3O5/c1-17-16-25(28(18(2)30)20-10-12-21(13-11-20)29(32)33)23-6-4-5-7-24(23)27(17)26(31)19-8-14-22(34-3)15-9-19/h4-15,17,25H,16H2,1-3H3. The Bertz CT molecular complexity index is 1220. The van der Waals surface area contributed by atoms with Gasteiger partial charge in [0.25, 0.3) is 11.6 Å². The quantitative estimate of drug-likeness (QED) is 0.389. The summed E-state index contributed by atoms with van der Waals surface area (Å²) < 4.78 is 5.20. The van der Waals surface area contributed by atoms with Crippen molar-refractivity contribution in [3.05, 3.63) is 94.0 Å².